The number of halogens is 1. The molecule has 1 amide bonds. The fourth-order valence-corrected chi connectivity index (χ4v) is 1.51. The summed E-state index contributed by atoms with van der Waals surface area (Å²) < 4.78 is 13.2. The molecule has 4 nitrogen and oxygen atoms in total. The average Bonchev–Trinajstić information content (AvgIpc) is 2.08. The molecular weight excluding hydrogens is 175 g/mol. The van der Waals surface area contributed by atoms with Gasteiger partial charge in [0.15, 0.2) is 0 Å². The van der Waals surface area contributed by atoms with Crippen molar-refractivity contribution in [1.82, 2.24) is 10.2 Å². The minimum absolute atomic E-state index is 0.151. The highest BCUT2D eigenvalue weighted by Gasteiger charge is 2.26. The van der Waals surface area contributed by atoms with Crippen LogP contribution in [-0.4, -0.2) is 49.0 Å². The lowest BCUT2D eigenvalue weighted by Gasteiger charge is -2.29. The molecule has 13 heavy (non-hydrogen) atoms. The van der Waals surface area contributed by atoms with Crippen molar-refractivity contribution in [2.75, 3.05) is 26.7 Å². The maximum absolute atomic E-state index is 13.2. The third kappa shape index (κ3) is 2.84. The molecular formula is C8H15FN2O2. The summed E-state index contributed by atoms with van der Waals surface area (Å²) in [7, 11) is 1.47. The summed E-state index contributed by atoms with van der Waals surface area (Å²) in [5.74, 6) is -0.151. The van der Waals surface area contributed by atoms with E-state index in [0.29, 0.717) is 13.0 Å². The van der Waals surface area contributed by atoms with Crippen molar-refractivity contribution in [3.63, 3.8) is 0 Å². The zero-order valence-corrected chi connectivity index (χ0v) is 7.66. The summed E-state index contributed by atoms with van der Waals surface area (Å²) in [6, 6.07) is 0. The van der Waals surface area contributed by atoms with Crippen LogP contribution in [0.2, 0.25) is 0 Å². The zero-order valence-electron chi connectivity index (χ0n) is 7.66. The van der Waals surface area contributed by atoms with Gasteiger partial charge in [-0.3, -0.25) is 0 Å². The van der Waals surface area contributed by atoms with Gasteiger partial charge in [0.05, 0.1) is 0 Å². The molecule has 0 saturated carbocycles. The van der Waals surface area contributed by atoms with Crippen molar-refractivity contribution in [2.45, 2.75) is 12.6 Å². The topological polar surface area (TPSA) is 52.6 Å². The first-order valence-corrected chi connectivity index (χ1v) is 4.40. The Labute approximate surface area is 76.7 Å². The van der Waals surface area contributed by atoms with Crippen molar-refractivity contribution in [3.05, 3.63) is 0 Å². The smallest absolute Gasteiger partial charge is 0.407 e. The molecule has 1 aliphatic heterocycles. The van der Waals surface area contributed by atoms with Gasteiger partial charge in [-0.25, -0.2) is 9.18 Å². The molecule has 1 heterocycles. The predicted octanol–water partition coefficient (Wildman–Crippen LogP) is 0.544. The monoisotopic (exact) mass is 190 g/mol. The van der Waals surface area contributed by atoms with Crippen LogP contribution < -0.4 is 5.32 Å². The fourth-order valence-electron chi connectivity index (χ4n) is 1.51. The highest BCUT2D eigenvalue weighted by Crippen LogP contribution is 2.16. The number of carbonyl (C=O) groups is 1. The fraction of sp³-hybridized carbons (Fsp3) is 0.875. The van der Waals surface area contributed by atoms with E-state index >= 15 is 0 Å². The van der Waals surface area contributed by atoms with E-state index in [2.05, 4.69) is 5.32 Å². The Bertz CT molecular complexity index is 189. The third-order valence-electron chi connectivity index (χ3n) is 2.38. The quantitative estimate of drug-likeness (QED) is 0.668. The lowest BCUT2D eigenvalue weighted by molar-refractivity contribution is 0.117. The van der Waals surface area contributed by atoms with Gasteiger partial charge in [0.25, 0.3) is 0 Å². The van der Waals surface area contributed by atoms with Crippen molar-refractivity contribution >= 4 is 6.09 Å². The number of rotatable bonds is 2. The van der Waals surface area contributed by atoms with E-state index in [1.165, 1.54) is 7.05 Å². The average molecular weight is 190 g/mol. The van der Waals surface area contributed by atoms with Crippen LogP contribution >= 0.6 is 0 Å². The molecule has 0 unspecified atom stereocenters. The van der Waals surface area contributed by atoms with Gasteiger partial charge in [-0.1, -0.05) is 0 Å². The molecule has 5 heteroatoms. The van der Waals surface area contributed by atoms with Crippen LogP contribution in [0.5, 0.6) is 0 Å². The van der Waals surface area contributed by atoms with E-state index in [9.17, 15) is 9.18 Å². The molecule has 1 rings (SSSR count). The molecule has 1 aliphatic rings. The second kappa shape index (κ2) is 4.41. The normalized spacial score (nSPS) is 28.5. The van der Waals surface area contributed by atoms with Crippen LogP contribution in [-0.2, 0) is 0 Å². The first kappa shape index (κ1) is 10.2. The number of amides is 1. The summed E-state index contributed by atoms with van der Waals surface area (Å²) in [6.45, 7) is 1.41. The second-order valence-electron chi connectivity index (χ2n) is 3.43. The molecule has 2 N–H and O–H groups in total. The molecule has 1 fully saturated rings. The Morgan fingerprint density at radius 1 is 1.77 bits per heavy atom. The number of alkyl halides is 1. The molecule has 0 aromatic carbocycles. The van der Waals surface area contributed by atoms with Crippen molar-refractivity contribution in [1.29, 1.82) is 0 Å². The second-order valence-corrected chi connectivity index (χ2v) is 3.43. The Balaban J connectivity index is 2.37. The first-order chi connectivity index (χ1) is 6.11. The van der Waals surface area contributed by atoms with E-state index in [4.69, 9.17) is 5.11 Å². The van der Waals surface area contributed by atoms with Gasteiger partial charge in [-0.2, -0.15) is 0 Å². The Morgan fingerprint density at radius 3 is 3.00 bits per heavy atom. The summed E-state index contributed by atoms with van der Waals surface area (Å²) in [6.07, 6.45) is -1.21. The summed E-state index contributed by atoms with van der Waals surface area (Å²) in [5.41, 5.74) is 0. The lowest BCUT2D eigenvalue weighted by Crippen LogP contribution is -2.43. The van der Waals surface area contributed by atoms with Crippen LogP contribution in [0.4, 0.5) is 9.18 Å². The molecule has 76 valence electrons. The maximum Gasteiger partial charge on any atom is 0.407 e. The van der Waals surface area contributed by atoms with Crippen molar-refractivity contribution in [2.24, 2.45) is 5.92 Å². The van der Waals surface area contributed by atoms with Gasteiger partial charge >= 0.3 is 6.09 Å². The Kier molecular flexibility index (Phi) is 3.48. The minimum Gasteiger partial charge on any atom is -0.465 e. The van der Waals surface area contributed by atoms with Crippen molar-refractivity contribution in [3.8, 4) is 0 Å². The van der Waals surface area contributed by atoms with Crippen LogP contribution in [0.15, 0.2) is 0 Å². The predicted molar refractivity (Wildman–Crippen MR) is 46.5 cm³/mol. The molecule has 2 atom stereocenters. The number of hydrogen-bond donors (Lipinski definition) is 2. The zero-order chi connectivity index (χ0) is 9.84. The summed E-state index contributed by atoms with van der Waals surface area (Å²) >= 11 is 0. The van der Waals surface area contributed by atoms with Crippen LogP contribution in [0.3, 0.4) is 0 Å². The van der Waals surface area contributed by atoms with Crippen LogP contribution in [0.1, 0.15) is 6.42 Å². The Morgan fingerprint density at radius 2 is 2.46 bits per heavy atom. The molecule has 0 spiro atoms. The van der Waals surface area contributed by atoms with E-state index in [1.807, 2.05) is 0 Å². The molecule has 1 saturated heterocycles. The highest BCUT2D eigenvalue weighted by molar-refractivity contribution is 5.64. The molecule has 0 aromatic rings. The molecule has 0 radical (unpaired) electrons. The van der Waals surface area contributed by atoms with E-state index in [-0.39, 0.29) is 12.5 Å². The maximum atomic E-state index is 13.2. The number of hydrogen-bond acceptors (Lipinski definition) is 2. The van der Waals surface area contributed by atoms with E-state index in [1.54, 1.807) is 0 Å². The van der Waals surface area contributed by atoms with Gasteiger partial charge in [0.1, 0.15) is 6.17 Å². The SMILES string of the molecule is CN(C[C@@H]1CCNC[C@@H]1F)C(=O)O. The van der Waals surface area contributed by atoms with Gasteiger partial charge in [-0.15, -0.1) is 0 Å². The van der Waals surface area contributed by atoms with Gasteiger partial charge in [0.2, 0.25) is 0 Å². The molecule has 0 aliphatic carbocycles. The van der Waals surface area contributed by atoms with Crippen LogP contribution in [0, 0.1) is 5.92 Å². The lowest BCUT2D eigenvalue weighted by atomic mass is 9.96. The largest absolute Gasteiger partial charge is 0.465 e. The Hall–Kier alpha value is -0.840. The first-order valence-electron chi connectivity index (χ1n) is 4.40. The van der Waals surface area contributed by atoms with Crippen molar-refractivity contribution < 1.29 is 14.3 Å². The summed E-state index contributed by atoms with van der Waals surface area (Å²) in [4.78, 5) is 11.6. The van der Waals surface area contributed by atoms with Gasteiger partial charge in [-0.05, 0) is 13.0 Å². The van der Waals surface area contributed by atoms with Crippen LogP contribution in [0.25, 0.3) is 0 Å². The number of carboxylic acid groups (broad SMARTS) is 1. The third-order valence-corrected chi connectivity index (χ3v) is 2.38. The minimum atomic E-state index is -0.995. The standard InChI is InChI=1S/C8H15FN2O2/c1-11(8(12)13)5-6-2-3-10-4-7(6)9/h6-7,10H,2-5H2,1H3,(H,12,13)/t6-,7-/m0/s1. The number of nitrogens with zero attached hydrogens (tertiary/aromatic N) is 1. The van der Waals surface area contributed by atoms with E-state index < -0.39 is 12.3 Å². The van der Waals surface area contributed by atoms with Gasteiger partial charge in [0, 0.05) is 26.1 Å². The molecule has 0 aromatic heterocycles. The number of nitrogens with one attached hydrogen (secondary N) is 1. The molecule has 0 bridgehead atoms. The highest BCUT2D eigenvalue weighted by atomic mass is 19.1. The van der Waals surface area contributed by atoms with Gasteiger partial charge < -0.3 is 15.3 Å². The number of piperidine rings is 1. The summed E-state index contributed by atoms with van der Waals surface area (Å²) in [5, 5.41) is 11.5. The van der Waals surface area contributed by atoms with E-state index in [0.717, 1.165) is 11.4 Å².